The summed E-state index contributed by atoms with van der Waals surface area (Å²) in [5, 5.41) is 0. The number of hydrogen-bond acceptors (Lipinski definition) is 10. The Bertz CT molecular complexity index is 1170. The molecule has 4 aliphatic heterocycles. The van der Waals surface area contributed by atoms with Crippen molar-refractivity contribution in [1.29, 1.82) is 0 Å². The van der Waals surface area contributed by atoms with Gasteiger partial charge in [0.05, 0.1) is 30.0 Å². The lowest BCUT2D eigenvalue weighted by Gasteiger charge is -2.48. The zero-order chi connectivity index (χ0) is 25.1. The van der Waals surface area contributed by atoms with Crippen molar-refractivity contribution in [3.8, 4) is 11.3 Å². The second-order valence-corrected chi connectivity index (χ2v) is 10.9. The Morgan fingerprint density at radius 1 is 1.03 bits per heavy atom. The molecule has 36 heavy (non-hydrogen) atoms. The minimum absolute atomic E-state index is 0.189. The third-order valence-corrected chi connectivity index (χ3v) is 8.68. The van der Waals surface area contributed by atoms with Crippen molar-refractivity contribution in [3.63, 3.8) is 0 Å². The van der Waals surface area contributed by atoms with Crippen LogP contribution in [-0.2, 0) is 16.0 Å². The molecule has 1 amide bonds. The topological polar surface area (TPSA) is 117 Å². The number of fused-ring (bicyclic) bond motifs is 1. The van der Waals surface area contributed by atoms with Crippen molar-refractivity contribution in [2.45, 2.75) is 44.2 Å². The molecule has 2 N–H and O–H groups in total. The third kappa shape index (κ3) is 3.67. The molecule has 11 heteroatoms. The SMILES string of the molecule is CN1CCC1(C)C(=O)N1CC[C@](C)(N2CCc3c(-c4cnc(N)nc4)nc(N4CCOCC4)nc32)C1. The second kappa shape index (κ2) is 8.52. The Labute approximate surface area is 211 Å². The van der Waals surface area contributed by atoms with Crippen molar-refractivity contribution < 1.29 is 9.53 Å². The first-order chi connectivity index (χ1) is 17.3. The van der Waals surface area contributed by atoms with E-state index in [9.17, 15) is 4.79 Å². The van der Waals surface area contributed by atoms with Gasteiger partial charge in [0.25, 0.3) is 0 Å². The van der Waals surface area contributed by atoms with Crippen molar-refractivity contribution in [2.24, 2.45) is 0 Å². The molecular formula is C25H35N9O2. The predicted octanol–water partition coefficient (Wildman–Crippen LogP) is 0.800. The fourth-order valence-corrected chi connectivity index (χ4v) is 5.99. The van der Waals surface area contributed by atoms with Gasteiger partial charge in [0.1, 0.15) is 5.82 Å². The quantitative estimate of drug-likeness (QED) is 0.655. The molecule has 0 radical (unpaired) electrons. The highest BCUT2D eigenvalue weighted by molar-refractivity contribution is 5.87. The smallest absolute Gasteiger partial charge is 0.242 e. The molecule has 4 aliphatic rings. The Balaban J connectivity index is 1.35. The lowest BCUT2D eigenvalue weighted by atomic mass is 9.86. The second-order valence-electron chi connectivity index (χ2n) is 10.9. The molecule has 0 spiro atoms. The number of morpholine rings is 1. The minimum atomic E-state index is -0.373. The molecule has 11 nitrogen and oxygen atoms in total. The number of hydrogen-bond donors (Lipinski definition) is 1. The first-order valence-electron chi connectivity index (χ1n) is 12.9. The van der Waals surface area contributed by atoms with E-state index >= 15 is 0 Å². The Hall–Kier alpha value is -3.05. The van der Waals surface area contributed by atoms with Crippen LogP contribution < -0.4 is 15.5 Å². The number of rotatable bonds is 4. The zero-order valence-electron chi connectivity index (χ0n) is 21.4. The molecule has 3 saturated heterocycles. The number of ether oxygens (including phenoxy) is 1. The highest BCUT2D eigenvalue weighted by Gasteiger charge is 2.51. The molecule has 192 valence electrons. The number of likely N-dealkylation sites (N-methyl/N-ethyl adjacent to an activating group) is 1. The van der Waals surface area contributed by atoms with Gasteiger partial charge >= 0.3 is 0 Å². The average Bonchev–Trinajstić information content (AvgIpc) is 3.52. The van der Waals surface area contributed by atoms with E-state index in [-0.39, 0.29) is 22.9 Å². The summed E-state index contributed by atoms with van der Waals surface area (Å²) in [5.41, 5.74) is 8.01. The van der Waals surface area contributed by atoms with Gasteiger partial charge < -0.3 is 25.2 Å². The maximum absolute atomic E-state index is 13.4. The molecule has 0 saturated carbocycles. The third-order valence-electron chi connectivity index (χ3n) is 8.68. The first-order valence-corrected chi connectivity index (χ1v) is 12.9. The van der Waals surface area contributed by atoms with Crippen LogP contribution in [0.25, 0.3) is 11.3 Å². The average molecular weight is 494 g/mol. The molecule has 0 aliphatic carbocycles. The maximum atomic E-state index is 13.4. The normalized spacial score (nSPS) is 28.4. The molecule has 6 rings (SSSR count). The van der Waals surface area contributed by atoms with Crippen molar-refractivity contribution in [2.75, 3.05) is 75.1 Å². The predicted molar refractivity (Wildman–Crippen MR) is 137 cm³/mol. The highest BCUT2D eigenvalue weighted by atomic mass is 16.5. The number of carbonyl (C=O) groups is 1. The van der Waals surface area contributed by atoms with E-state index in [0.717, 1.165) is 74.6 Å². The summed E-state index contributed by atoms with van der Waals surface area (Å²) >= 11 is 0. The van der Waals surface area contributed by atoms with Crippen LogP contribution in [0.1, 0.15) is 32.3 Å². The van der Waals surface area contributed by atoms with Gasteiger partial charge in [-0.2, -0.15) is 4.98 Å². The number of anilines is 3. The summed E-state index contributed by atoms with van der Waals surface area (Å²) in [7, 11) is 2.04. The molecular weight excluding hydrogens is 458 g/mol. The number of amides is 1. The summed E-state index contributed by atoms with van der Waals surface area (Å²) in [4.78, 5) is 40.8. The summed E-state index contributed by atoms with van der Waals surface area (Å²) < 4.78 is 5.56. The molecule has 2 atom stereocenters. The van der Waals surface area contributed by atoms with E-state index < -0.39 is 0 Å². The monoisotopic (exact) mass is 493 g/mol. The van der Waals surface area contributed by atoms with Crippen LogP contribution >= 0.6 is 0 Å². The number of nitrogen functional groups attached to an aromatic ring is 1. The number of carbonyl (C=O) groups excluding carboxylic acids is 1. The Morgan fingerprint density at radius 3 is 2.44 bits per heavy atom. The number of nitrogens with zero attached hydrogens (tertiary/aromatic N) is 8. The van der Waals surface area contributed by atoms with Gasteiger partial charge in [0.15, 0.2) is 0 Å². The maximum Gasteiger partial charge on any atom is 0.242 e. The van der Waals surface area contributed by atoms with Crippen LogP contribution in [0.5, 0.6) is 0 Å². The fraction of sp³-hybridized carbons (Fsp3) is 0.640. The lowest BCUT2D eigenvalue weighted by Crippen LogP contribution is -2.64. The number of likely N-dealkylation sites (tertiary alicyclic amines) is 2. The van der Waals surface area contributed by atoms with E-state index in [4.69, 9.17) is 20.4 Å². The van der Waals surface area contributed by atoms with E-state index in [1.54, 1.807) is 12.4 Å². The van der Waals surface area contributed by atoms with Gasteiger partial charge in [-0.15, -0.1) is 0 Å². The van der Waals surface area contributed by atoms with Crippen LogP contribution in [-0.4, -0.2) is 106 Å². The van der Waals surface area contributed by atoms with Crippen molar-refractivity contribution >= 4 is 23.6 Å². The van der Waals surface area contributed by atoms with Gasteiger partial charge in [-0.05, 0) is 40.2 Å². The standard InChI is InChI=1S/C25H35N9O2/c1-24(5-9-33(16-24)21(35)25(2)6-8-31(25)3)34-7-4-18-19(17-14-27-22(26)28-15-17)29-23(30-20(18)34)32-10-12-36-13-11-32/h14-15H,4-13,16H2,1-3H3,(H2,26,27,28)/t24-,25?/m0/s1. The van der Waals surface area contributed by atoms with Gasteiger partial charge in [0.2, 0.25) is 17.8 Å². The number of aromatic nitrogens is 4. The lowest BCUT2D eigenvalue weighted by molar-refractivity contribution is -0.149. The molecule has 3 fully saturated rings. The summed E-state index contributed by atoms with van der Waals surface area (Å²) in [5.74, 6) is 2.15. The van der Waals surface area contributed by atoms with Gasteiger partial charge in [-0.1, -0.05) is 0 Å². The van der Waals surface area contributed by atoms with Crippen LogP contribution in [0.4, 0.5) is 17.7 Å². The molecule has 0 bridgehead atoms. The summed E-state index contributed by atoms with van der Waals surface area (Å²) in [6, 6.07) is 0. The number of nitrogens with two attached hydrogens (primary N) is 1. The van der Waals surface area contributed by atoms with E-state index in [1.807, 2.05) is 7.05 Å². The van der Waals surface area contributed by atoms with Crippen LogP contribution in [0, 0.1) is 0 Å². The van der Waals surface area contributed by atoms with Crippen molar-refractivity contribution in [1.82, 2.24) is 29.7 Å². The molecule has 1 unspecified atom stereocenters. The van der Waals surface area contributed by atoms with Crippen LogP contribution in [0.15, 0.2) is 12.4 Å². The molecule has 0 aromatic carbocycles. The minimum Gasteiger partial charge on any atom is -0.378 e. The molecule has 2 aromatic heterocycles. The zero-order valence-corrected chi connectivity index (χ0v) is 21.4. The summed E-state index contributed by atoms with van der Waals surface area (Å²) in [6.07, 6.45) is 6.15. The fourth-order valence-electron chi connectivity index (χ4n) is 5.99. The van der Waals surface area contributed by atoms with Gasteiger partial charge in [-0.3, -0.25) is 9.69 Å². The Kier molecular flexibility index (Phi) is 5.52. The Morgan fingerprint density at radius 2 is 1.78 bits per heavy atom. The van der Waals surface area contributed by atoms with Crippen molar-refractivity contribution in [3.05, 3.63) is 18.0 Å². The van der Waals surface area contributed by atoms with E-state index in [2.05, 4.69) is 43.4 Å². The molecule has 2 aromatic rings. The van der Waals surface area contributed by atoms with E-state index in [1.165, 1.54) is 0 Å². The van der Waals surface area contributed by atoms with Gasteiger partial charge in [-0.25, -0.2) is 15.0 Å². The molecule has 6 heterocycles. The summed E-state index contributed by atoms with van der Waals surface area (Å²) in [6.45, 7) is 10.5. The highest BCUT2D eigenvalue weighted by Crippen LogP contribution is 2.42. The van der Waals surface area contributed by atoms with Crippen LogP contribution in [0.2, 0.25) is 0 Å². The van der Waals surface area contributed by atoms with Crippen LogP contribution in [0.3, 0.4) is 0 Å². The van der Waals surface area contributed by atoms with Gasteiger partial charge in [0, 0.05) is 62.8 Å². The largest absolute Gasteiger partial charge is 0.378 e. The first kappa shape index (κ1) is 23.4. The van der Waals surface area contributed by atoms with E-state index in [0.29, 0.717) is 25.7 Å².